The van der Waals surface area contributed by atoms with E-state index >= 15 is 0 Å². The lowest BCUT2D eigenvalue weighted by Crippen LogP contribution is -2.35. The molecule has 0 spiro atoms. The van der Waals surface area contributed by atoms with Gasteiger partial charge in [-0.1, -0.05) is 6.92 Å². The molecule has 0 atom stereocenters. The molecular formula is C22H30N4O2. The maximum atomic E-state index is 12.6. The van der Waals surface area contributed by atoms with Crippen LogP contribution in [0.25, 0.3) is 10.9 Å². The van der Waals surface area contributed by atoms with E-state index in [1.54, 1.807) is 0 Å². The molecule has 1 fully saturated rings. The highest BCUT2D eigenvalue weighted by atomic mass is 16.2. The number of likely N-dealkylation sites (tertiary alicyclic amines) is 1. The number of H-pyrrole nitrogens is 1. The van der Waals surface area contributed by atoms with Gasteiger partial charge < -0.3 is 20.1 Å². The number of carbonyl (C=O) groups is 2. The Morgan fingerprint density at radius 1 is 1.18 bits per heavy atom. The Morgan fingerprint density at radius 2 is 2.00 bits per heavy atom. The second kappa shape index (κ2) is 8.35. The average Bonchev–Trinajstić information content (AvgIpc) is 3.37. The van der Waals surface area contributed by atoms with Crippen molar-refractivity contribution in [2.45, 2.75) is 45.6 Å². The summed E-state index contributed by atoms with van der Waals surface area (Å²) < 4.78 is 0. The number of nitrogens with zero attached hydrogens (tertiary/aromatic N) is 2. The van der Waals surface area contributed by atoms with Crippen molar-refractivity contribution >= 4 is 22.7 Å². The number of benzene rings is 1. The van der Waals surface area contributed by atoms with Gasteiger partial charge in [0.25, 0.3) is 5.91 Å². The first-order valence-electron chi connectivity index (χ1n) is 10.6. The zero-order valence-electron chi connectivity index (χ0n) is 16.7. The molecule has 1 aromatic heterocycles. The van der Waals surface area contributed by atoms with Crippen molar-refractivity contribution in [3.8, 4) is 0 Å². The number of aromatic nitrogens is 1. The lowest BCUT2D eigenvalue weighted by Gasteiger charge is -2.27. The van der Waals surface area contributed by atoms with Crippen molar-refractivity contribution in [3.63, 3.8) is 0 Å². The number of hydrogen-bond acceptors (Lipinski definition) is 3. The van der Waals surface area contributed by atoms with E-state index in [-0.39, 0.29) is 11.8 Å². The Bertz CT molecular complexity index is 867. The number of aromatic amines is 1. The van der Waals surface area contributed by atoms with Crippen LogP contribution in [0.4, 0.5) is 0 Å². The van der Waals surface area contributed by atoms with Gasteiger partial charge in [-0.05, 0) is 57.1 Å². The van der Waals surface area contributed by atoms with E-state index in [0.717, 1.165) is 42.4 Å². The number of amides is 2. The number of fused-ring (bicyclic) bond motifs is 3. The third-order valence-corrected chi connectivity index (χ3v) is 6.03. The predicted octanol–water partition coefficient (Wildman–Crippen LogP) is 2.68. The van der Waals surface area contributed by atoms with E-state index in [1.807, 2.05) is 30.0 Å². The van der Waals surface area contributed by atoms with Crippen LogP contribution in [0.1, 0.15) is 54.2 Å². The highest BCUT2D eigenvalue weighted by molar-refractivity contribution is 5.99. The molecule has 3 heterocycles. The van der Waals surface area contributed by atoms with Gasteiger partial charge in [0.2, 0.25) is 5.91 Å². The predicted molar refractivity (Wildman–Crippen MR) is 110 cm³/mol. The van der Waals surface area contributed by atoms with Crippen LogP contribution in [0.3, 0.4) is 0 Å². The van der Waals surface area contributed by atoms with Crippen molar-refractivity contribution in [1.82, 2.24) is 20.1 Å². The molecule has 2 amide bonds. The van der Waals surface area contributed by atoms with Crippen molar-refractivity contribution in [3.05, 3.63) is 35.0 Å². The fraction of sp³-hybridized carbons (Fsp3) is 0.545. The minimum absolute atomic E-state index is 0.0180. The van der Waals surface area contributed by atoms with E-state index in [0.29, 0.717) is 25.1 Å². The van der Waals surface area contributed by atoms with Gasteiger partial charge in [-0.3, -0.25) is 9.59 Å². The van der Waals surface area contributed by atoms with Gasteiger partial charge in [0, 0.05) is 60.2 Å². The molecule has 2 aliphatic rings. The maximum absolute atomic E-state index is 12.6. The lowest BCUT2D eigenvalue weighted by molar-refractivity contribution is -0.131. The molecule has 6 nitrogen and oxygen atoms in total. The molecule has 0 aliphatic carbocycles. The van der Waals surface area contributed by atoms with Gasteiger partial charge in [0.05, 0.1) is 0 Å². The molecule has 1 aromatic carbocycles. The van der Waals surface area contributed by atoms with Crippen LogP contribution in [0.5, 0.6) is 0 Å². The van der Waals surface area contributed by atoms with E-state index in [9.17, 15) is 9.59 Å². The smallest absolute Gasteiger partial charge is 0.251 e. The average molecular weight is 383 g/mol. The van der Waals surface area contributed by atoms with Crippen molar-refractivity contribution in [2.24, 2.45) is 0 Å². The van der Waals surface area contributed by atoms with Crippen LogP contribution < -0.4 is 5.32 Å². The lowest BCUT2D eigenvalue weighted by atomic mass is 10.0. The Hall–Kier alpha value is -2.34. The molecule has 1 saturated heterocycles. The highest BCUT2D eigenvalue weighted by Gasteiger charge is 2.23. The molecule has 0 saturated carbocycles. The number of carbonyl (C=O) groups excluding carboxylic acids is 2. The third kappa shape index (κ3) is 3.92. The van der Waals surface area contributed by atoms with E-state index in [4.69, 9.17) is 0 Å². The van der Waals surface area contributed by atoms with Crippen LogP contribution in [0, 0.1) is 0 Å². The molecule has 0 bridgehead atoms. The monoisotopic (exact) mass is 382 g/mol. The Balaban J connectivity index is 1.42. The molecule has 0 unspecified atom stereocenters. The largest absolute Gasteiger partial charge is 0.358 e. The van der Waals surface area contributed by atoms with Crippen molar-refractivity contribution in [2.75, 3.05) is 32.7 Å². The van der Waals surface area contributed by atoms with E-state index in [2.05, 4.69) is 15.2 Å². The van der Waals surface area contributed by atoms with Crippen molar-refractivity contribution in [1.29, 1.82) is 0 Å². The summed E-state index contributed by atoms with van der Waals surface area (Å²) in [7, 11) is 0. The van der Waals surface area contributed by atoms with Crippen LogP contribution in [0.15, 0.2) is 18.2 Å². The first-order chi connectivity index (χ1) is 13.7. The van der Waals surface area contributed by atoms with E-state index in [1.165, 1.54) is 31.6 Å². The van der Waals surface area contributed by atoms with Gasteiger partial charge in [0.1, 0.15) is 0 Å². The fourth-order valence-corrected chi connectivity index (χ4v) is 4.40. The standard InChI is InChI=1S/C22H30N4O2/c1-2-21(27)26-13-8-20-18(15-26)17-14-16(6-7-19(17)24-20)22(28)23-9-5-12-25-10-3-4-11-25/h6-7,14,24H,2-5,8-13,15H2,1H3,(H,23,28). The Labute approximate surface area is 166 Å². The summed E-state index contributed by atoms with van der Waals surface area (Å²) in [5.74, 6) is 0.169. The van der Waals surface area contributed by atoms with Gasteiger partial charge >= 0.3 is 0 Å². The first kappa shape index (κ1) is 19.0. The molecular weight excluding hydrogens is 352 g/mol. The van der Waals surface area contributed by atoms with Crippen LogP contribution in [0.2, 0.25) is 0 Å². The molecule has 2 aliphatic heterocycles. The molecule has 150 valence electrons. The van der Waals surface area contributed by atoms with E-state index < -0.39 is 0 Å². The fourth-order valence-electron chi connectivity index (χ4n) is 4.40. The summed E-state index contributed by atoms with van der Waals surface area (Å²) in [6, 6.07) is 5.84. The van der Waals surface area contributed by atoms with Gasteiger partial charge in [-0.2, -0.15) is 0 Å². The minimum atomic E-state index is -0.0180. The SMILES string of the molecule is CCC(=O)N1CCc2[nH]c3ccc(C(=O)NCCCN4CCCC4)cc3c2C1. The number of hydrogen-bond donors (Lipinski definition) is 2. The number of rotatable bonds is 6. The normalized spacial score (nSPS) is 17.1. The Kier molecular flexibility index (Phi) is 5.67. The molecule has 0 radical (unpaired) electrons. The number of nitrogens with one attached hydrogen (secondary N) is 2. The van der Waals surface area contributed by atoms with Crippen LogP contribution >= 0.6 is 0 Å². The molecule has 28 heavy (non-hydrogen) atoms. The third-order valence-electron chi connectivity index (χ3n) is 6.03. The summed E-state index contributed by atoms with van der Waals surface area (Å²) in [5, 5.41) is 4.12. The van der Waals surface area contributed by atoms with Crippen LogP contribution in [-0.4, -0.2) is 59.3 Å². The second-order valence-corrected chi connectivity index (χ2v) is 7.92. The topological polar surface area (TPSA) is 68.4 Å². The summed E-state index contributed by atoms with van der Waals surface area (Å²) in [4.78, 5) is 32.5. The summed E-state index contributed by atoms with van der Waals surface area (Å²) in [5.41, 5.74) is 4.08. The summed E-state index contributed by atoms with van der Waals surface area (Å²) in [6.45, 7) is 7.45. The first-order valence-corrected chi connectivity index (χ1v) is 10.6. The zero-order chi connectivity index (χ0) is 19.5. The maximum Gasteiger partial charge on any atom is 0.251 e. The zero-order valence-corrected chi connectivity index (χ0v) is 16.7. The van der Waals surface area contributed by atoms with Gasteiger partial charge in [0.15, 0.2) is 0 Å². The van der Waals surface area contributed by atoms with Gasteiger partial charge in [-0.15, -0.1) is 0 Å². The minimum Gasteiger partial charge on any atom is -0.358 e. The molecule has 2 N–H and O–H groups in total. The molecule has 2 aromatic rings. The molecule has 6 heteroatoms. The second-order valence-electron chi connectivity index (χ2n) is 7.92. The van der Waals surface area contributed by atoms with Crippen molar-refractivity contribution < 1.29 is 9.59 Å². The highest BCUT2D eigenvalue weighted by Crippen LogP contribution is 2.29. The molecule has 4 rings (SSSR count). The summed E-state index contributed by atoms with van der Waals surface area (Å²) in [6.07, 6.45) is 4.96. The van der Waals surface area contributed by atoms with Gasteiger partial charge in [-0.25, -0.2) is 0 Å². The summed E-state index contributed by atoms with van der Waals surface area (Å²) >= 11 is 0. The van der Waals surface area contributed by atoms with Crippen LogP contribution in [-0.2, 0) is 17.8 Å². The quantitative estimate of drug-likeness (QED) is 0.755. The Morgan fingerprint density at radius 3 is 2.79 bits per heavy atom.